The van der Waals surface area contributed by atoms with Crippen molar-refractivity contribution in [3.63, 3.8) is 0 Å². The molecule has 0 aromatic heterocycles. The summed E-state index contributed by atoms with van der Waals surface area (Å²) in [6, 6.07) is 0. The Morgan fingerprint density at radius 2 is 1.25 bits per heavy atom. The van der Waals surface area contributed by atoms with Crippen LogP contribution in [0.5, 0.6) is 0 Å². The van der Waals surface area contributed by atoms with Gasteiger partial charge in [0.2, 0.25) is 0 Å². The van der Waals surface area contributed by atoms with Gasteiger partial charge < -0.3 is 9.47 Å². The summed E-state index contributed by atoms with van der Waals surface area (Å²) in [5, 5.41) is 0. The highest BCUT2D eigenvalue weighted by atomic mass is 16.5. The maximum Gasteiger partial charge on any atom is 0.303 e. The third-order valence-electron chi connectivity index (χ3n) is 2.43. The monoisotopic (exact) mass is 280 g/mol. The van der Waals surface area contributed by atoms with Crippen molar-refractivity contribution in [3.05, 3.63) is 24.3 Å². The molecular formula is C14H16O6. The fourth-order valence-electron chi connectivity index (χ4n) is 1.69. The topological polar surface area (TPSA) is 86.7 Å². The van der Waals surface area contributed by atoms with Crippen molar-refractivity contribution in [1.82, 2.24) is 0 Å². The minimum absolute atomic E-state index is 0.0197. The first-order valence-electron chi connectivity index (χ1n) is 6.13. The summed E-state index contributed by atoms with van der Waals surface area (Å²) < 4.78 is 9.47. The van der Waals surface area contributed by atoms with Gasteiger partial charge in [0.05, 0.1) is 12.8 Å². The number of hydrogen-bond donors (Lipinski definition) is 0. The molecule has 2 aliphatic rings. The molecule has 0 saturated carbocycles. The van der Waals surface area contributed by atoms with E-state index in [1.807, 2.05) is 0 Å². The SMILES string of the molecule is CC(=O)OC1C=CC(=O)C1.CC(=O)OC1C=CC(=O)C1. The van der Waals surface area contributed by atoms with Gasteiger partial charge in [0.15, 0.2) is 11.6 Å². The summed E-state index contributed by atoms with van der Waals surface area (Å²) in [7, 11) is 0. The number of ketones is 2. The molecule has 0 radical (unpaired) electrons. The van der Waals surface area contributed by atoms with E-state index in [9.17, 15) is 19.2 Å². The van der Waals surface area contributed by atoms with Crippen LogP contribution in [0.2, 0.25) is 0 Å². The fraction of sp³-hybridized carbons (Fsp3) is 0.429. The lowest BCUT2D eigenvalue weighted by molar-refractivity contribution is -0.145. The minimum Gasteiger partial charge on any atom is -0.458 e. The van der Waals surface area contributed by atoms with Crippen LogP contribution < -0.4 is 0 Å². The molecule has 0 heterocycles. The van der Waals surface area contributed by atoms with E-state index in [1.54, 1.807) is 12.2 Å². The lowest BCUT2D eigenvalue weighted by Crippen LogP contribution is -2.12. The Balaban J connectivity index is 0.000000200. The third-order valence-corrected chi connectivity index (χ3v) is 2.43. The van der Waals surface area contributed by atoms with Gasteiger partial charge in [-0.2, -0.15) is 0 Å². The zero-order valence-corrected chi connectivity index (χ0v) is 11.3. The standard InChI is InChI=1S/2C7H8O3/c2*1-5(8)10-7-3-2-6(9)4-7/h2*2-3,7H,4H2,1H3. The van der Waals surface area contributed by atoms with Gasteiger partial charge in [-0.15, -0.1) is 0 Å². The summed E-state index contributed by atoms with van der Waals surface area (Å²) in [5.74, 6) is -0.647. The van der Waals surface area contributed by atoms with E-state index < -0.39 is 0 Å². The van der Waals surface area contributed by atoms with Crippen LogP contribution in [-0.2, 0) is 28.7 Å². The van der Waals surface area contributed by atoms with Gasteiger partial charge in [-0.1, -0.05) is 0 Å². The van der Waals surface area contributed by atoms with E-state index in [-0.39, 0.29) is 35.7 Å². The van der Waals surface area contributed by atoms with Gasteiger partial charge in [-0.25, -0.2) is 0 Å². The smallest absolute Gasteiger partial charge is 0.303 e. The molecule has 0 spiro atoms. The Bertz CT molecular complexity index is 430. The van der Waals surface area contributed by atoms with Crippen molar-refractivity contribution in [1.29, 1.82) is 0 Å². The Morgan fingerprint density at radius 1 is 0.900 bits per heavy atom. The van der Waals surface area contributed by atoms with Gasteiger partial charge in [0, 0.05) is 13.8 Å². The summed E-state index contributed by atoms with van der Waals surface area (Å²) >= 11 is 0. The Morgan fingerprint density at radius 3 is 1.45 bits per heavy atom. The number of carbonyl (C=O) groups excluding carboxylic acids is 4. The van der Waals surface area contributed by atoms with E-state index in [4.69, 9.17) is 9.47 Å². The van der Waals surface area contributed by atoms with Crippen LogP contribution in [-0.4, -0.2) is 35.7 Å². The maximum absolute atomic E-state index is 10.6. The third kappa shape index (κ3) is 6.08. The first kappa shape index (κ1) is 15.8. The predicted molar refractivity (Wildman–Crippen MR) is 68.6 cm³/mol. The second-order valence-electron chi connectivity index (χ2n) is 4.35. The molecule has 2 atom stereocenters. The Kier molecular flexibility index (Phi) is 5.83. The molecule has 2 aliphatic carbocycles. The molecule has 0 fully saturated rings. The number of ether oxygens (including phenoxy) is 2. The predicted octanol–water partition coefficient (Wildman–Crippen LogP) is 0.894. The van der Waals surface area contributed by atoms with Gasteiger partial charge in [0.1, 0.15) is 12.2 Å². The van der Waals surface area contributed by atoms with E-state index in [1.165, 1.54) is 26.0 Å². The van der Waals surface area contributed by atoms with Crippen LogP contribution in [0.4, 0.5) is 0 Å². The first-order chi connectivity index (χ1) is 9.36. The second-order valence-corrected chi connectivity index (χ2v) is 4.35. The molecule has 0 amide bonds. The zero-order chi connectivity index (χ0) is 15.1. The zero-order valence-electron chi connectivity index (χ0n) is 11.3. The summed E-state index contributed by atoms with van der Waals surface area (Å²) in [4.78, 5) is 41.8. The number of allylic oxidation sites excluding steroid dienone is 2. The number of rotatable bonds is 2. The van der Waals surface area contributed by atoms with Crippen LogP contribution in [0.15, 0.2) is 24.3 Å². The highest BCUT2D eigenvalue weighted by Gasteiger charge is 2.18. The van der Waals surface area contributed by atoms with E-state index >= 15 is 0 Å². The van der Waals surface area contributed by atoms with Crippen LogP contribution in [0.1, 0.15) is 26.7 Å². The van der Waals surface area contributed by atoms with E-state index in [2.05, 4.69) is 0 Å². The largest absolute Gasteiger partial charge is 0.458 e. The highest BCUT2D eigenvalue weighted by molar-refractivity contribution is 5.93. The average Bonchev–Trinajstić information content (AvgIpc) is 2.87. The molecule has 2 rings (SSSR count). The van der Waals surface area contributed by atoms with E-state index in [0.29, 0.717) is 12.8 Å². The van der Waals surface area contributed by atoms with Gasteiger partial charge in [-0.05, 0) is 24.3 Å². The molecule has 0 aromatic rings. The van der Waals surface area contributed by atoms with Crippen molar-refractivity contribution in [3.8, 4) is 0 Å². The molecule has 20 heavy (non-hydrogen) atoms. The Labute approximate surface area is 116 Å². The van der Waals surface area contributed by atoms with Gasteiger partial charge in [0.25, 0.3) is 0 Å². The molecule has 0 saturated heterocycles. The molecule has 0 aliphatic heterocycles. The number of carbonyl (C=O) groups is 4. The molecule has 6 heteroatoms. The van der Waals surface area contributed by atoms with Crippen molar-refractivity contribution in [2.75, 3.05) is 0 Å². The first-order valence-corrected chi connectivity index (χ1v) is 6.13. The average molecular weight is 280 g/mol. The summed E-state index contributed by atoms with van der Waals surface area (Å²) in [6.07, 6.45) is 6.06. The normalized spacial score (nSPS) is 23.3. The quantitative estimate of drug-likeness (QED) is 0.698. The van der Waals surface area contributed by atoms with E-state index in [0.717, 1.165) is 0 Å². The van der Waals surface area contributed by atoms with Crippen molar-refractivity contribution in [2.24, 2.45) is 0 Å². The number of hydrogen-bond acceptors (Lipinski definition) is 6. The van der Waals surface area contributed by atoms with Gasteiger partial charge >= 0.3 is 11.9 Å². The van der Waals surface area contributed by atoms with Crippen molar-refractivity contribution < 1.29 is 28.7 Å². The minimum atomic E-state index is -0.343. The Hall–Kier alpha value is -2.24. The van der Waals surface area contributed by atoms with Crippen LogP contribution in [0, 0.1) is 0 Å². The lowest BCUT2D eigenvalue weighted by atomic mass is 10.3. The second kappa shape index (κ2) is 7.37. The maximum atomic E-state index is 10.6. The van der Waals surface area contributed by atoms with Crippen LogP contribution in [0.25, 0.3) is 0 Å². The molecule has 108 valence electrons. The summed E-state index contributed by atoms with van der Waals surface area (Å²) in [5.41, 5.74) is 0. The molecular weight excluding hydrogens is 264 g/mol. The van der Waals surface area contributed by atoms with Gasteiger partial charge in [-0.3, -0.25) is 19.2 Å². The molecule has 0 aromatic carbocycles. The lowest BCUT2D eigenvalue weighted by Gasteiger charge is -2.05. The van der Waals surface area contributed by atoms with Crippen molar-refractivity contribution in [2.45, 2.75) is 38.9 Å². The molecule has 0 N–H and O–H groups in total. The number of esters is 2. The summed E-state index contributed by atoms with van der Waals surface area (Å²) in [6.45, 7) is 2.66. The van der Waals surface area contributed by atoms with Crippen LogP contribution >= 0.6 is 0 Å². The fourth-order valence-corrected chi connectivity index (χ4v) is 1.69. The van der Waals surface area contributed by atoms with Crippen LogP contribution in [0.3, 0.4) is 0 Å². The van der Waals surface area contributed by atoms with Crippen molar-refractivity contribution >= 4 is 23.5 Å². The highest BCUT2D eigenvalue weighted by Crippen LogP contribution is 2.10. The molecule has 0 bridgehead atoms. The molecule has 6 nitrogen and oxygen atoms in total. The molecule has 2 unspecified atom stereocenters.